The number of fused-ring (bicyclic) bond motifs is 2. The maximum Gasteiger partial charge on any atom is 0.335 e. The van der Waals surface area contributed by atoms with E-state index in [9.17, 15) is 9.90 Å². The third kappa shape index (κ3) is 2.12. The lowest BCUT2D eigenvalue weighted by Gasteiger charge is -2.09. The number of aromatic carboxylic acids is 1. The molecule has 0 saturated heterocycles. The summed E-state index contributed by atoms with van der Waals surface area (Å²) in [6, 6.07) is 5.78. The van der Waals surface area contributed by atoms with Crippen molar-refractivity contribution in [2.75, 3.05) is 14.2 Å². The third-order valence-corrected chi connectivity index (χ3v) is 3.27. The summed E-state index contributed by atoms with van der Waals surface area (Å²) in [5.41, 5.74) is 1.79. The van der Waals surface area contributed by atoms with Crippen LogP contribution >= 0.6 is 0 Å². The second kappa shape index (κ2) is 5.03. The predicted octanol–water partition coefficient (Wildman–Crippen LogP) is 2.20. The van der Waals surface area contributed by atoms with Gasteiger partial charge in [0.15, 0.2) is 11.5 Å². The normalized spacial score (nSPS) is 10.8. The molecule has 0 aliphatic rings. The van der Waals surface area contributed by atoms with Crippen molar-refractivity contribution in [1.82, 2.24) is 9.97 Å². The number of hydrogen-bond donors (Lipinski definition) is 2. The van der Waals surface area contributed by atoms with Gasteiger partial charge >= 0.3 is 5.97 Å². The highest BCUT2D eigenvalue weighted by molar-refractivity contribution is 5.97. The number of aromatic nitrogens is 2. The van der Waals surface area contributed by atoms with Gasteiger partial charge in [0.25, 0.3) is 0 Å². The van der Waals surface area contributed by atoms with E-state index in [4.69, 9.17) is 14.6 Å². The van der Waals surface area contributed by atoms with Gasteiger partial charge in [0.05, 0.1) is 36.3 Å². The Bertz CT molecular complexity index is 907. The fourth-order valence-electron chi connectivity index (χ4n) is 2.21. The number of carboxylic acid groups (broad SMARTS) is 1. The molecule has 22 heavy (non-hydrogen) atoms. The minimum atomic E-state index is -1.08. The third-order valence-electron chi connectivity index (χ3n) is 3.27. The largest absolute Gasteiger partial charge is 0.504 e. The number of phenols is 1. The van der Waals surface area contributed by atoms with Crippen molar-refractivity contribution in [2.24, 2.45) is 0 Å². The molecule has 1 aromatic heterocycles. The molecule has 2 N–H and O–H groups in total. The summed E-state index contributed by atoms with van der Waals surface area (Å²) in [7, 11) is 2.87. The summed E-state index contributed by atoms with van der Waals surface area (Å²) in [6.07, 6.45) is 0. The fourth-order valence-corrected chi connectivity index (χ4v) is 2.21. The van der Waals surface area contributed by atoms with Crippen molar-refractivity contribution < 1.29 is 24.5 Å². The molecule has 0 bridgehead atoms. The molecule has 0 saturated carbocycles. The summed E-state index contributed by atoms with van der Waals surface area (Å²) in [5.74, 6) is -0.553. The Labute approximate surface area is 124 Å². The van der Waals surface area contributed by atoms with Crippen LogP contribution in [0.15, 0.2) is 24.3 Å². The van der Waals surface area contributed by atoms with Gasteiger partial charge in [-0.15, -0.1) is 0 Å². The molecule has 0 aliphatic carbocycles. The number of benzene rings is 2. The zero-order valence-corrected chi connectivity index (χ0v) is 11.8. The standard InChI is InChI=1S/C15H12N2O5/c1-21-12-6-9-8(5-11(12)18)16-10-3-7(15(19)20)4-13(22-2)14(10)17-9/h3-6,18H,1-2H3,(H,19,20). The van der Waals surface area contributed by atoms with Crippen molar-refractivity contribution in [3.8, 4) is 17.2 Å². The maximum absolute atomic E-state index is 11.2. The number of carboxylic acids is 1. The van der Waals surface area contributed by atoms with Gasteiger partial charge in [0, 0.05) is 12.1 Å². The van der Waals surface area contributed by atoms with Crippen molar-refractivity contribution >= 4 is 28.0 Å². The molecule has 3 aromatic rings. The number of methoxy groups -OCH3 is 2. The topological polar surface area (TPSA) is 102 Å². The van der Waals surface area contributed by atoms with Crippen molar-refractivity contribution in [3.63, 3.8) is 0 Å². The molecule has 0 atom stereocenters. The molecule has 0 aliphatic heterocycles. The Morgan fingerprint density at radius 1 is 0.955 bits per heavy atom. The minimum Gasteiger partial charge on any atom is -0.504 e. The van der Waals surface area contributed by atoms with Crippen LogP contribution in [0.3, 0.4) is 0 Å². The van der Waals surface area contributed by atoms with Crippen LogP contribution in [0, 0.1) is 0 Å². The van der Waals surface area contributed by atoms with Gasteiger partial charge in [-0.05, 0) is 12.1 Å². The predicted molar refractivity (Wildman–Crippen MR) is 78.8 cm³/mol. The molecule has 2 aromatic carbocycles. The lowest BCUT2D eigenvalue weighted by Crippen LogP contribution is -2.00. The number of ether oxygens (including phenoxy) is 2. The number of hydrogen-bond acceptors (Lipinski definition) is 6. The van der Waals surface area contributed by atoms with E-state index in [1.807, 2.05) is 0 Å². The van der Waals surface area contributed by atoms with E-state index >= 15 is 0 Å². The zero-order valence-electron chi connectivity index (χ0n) is 11.8. The number of carbonyl (C=O) groups is 1. The van der Waals surface area contributed by atoms with Gasteiger partial charge in [-0.1, -0.05) is 0 Å². The summed E-state index contributed by atoms with van der Waals surface area (Å²) < 4.78 is 10.2. The van der Waals surface area contributed by atoms with E-state index in [-0.39, 0.29) is 17.1 Å². The van der Waals surface area contributed by atoms with Crippen LogP contribution in [0.2, 0.25) is 0 Å². The average Bonchev–Trinajstić information content (AvgIpc) is 2.51. The summed E-state index contributed by atoms with van der Waals surface area (Å²) in [6.45, 7) is 0. The summed E-state index contributed by atoms with van der Waals surface area (Å²) >= 11 is 0. The van der Waals surface area contributed by atoms with Crippen molar-refractivity contribution in [3.05, 3.63) is 29.8 Å². The van der Waals surface area contributed by atoms with Gasteiger partial charge in [-0.2, -0.15) is 0 Å². The first kappa shape index (κ1) is 13.9. The number of aromatic hydroxyl groups is 1. The first-order valence-corrected chi connectivity index (χ1v) is 6.33. The summed E-state index contributed by atoms with van der Waals surface area (Å²) in [5, 5.41) is 18.9. The van der Waals surface area contributed by atoms with Gasteiger partial charge in [-0.3, -0.25) is 0 Å². The fraction of sp³-hybridized carbons (Fsp3) is 0.133. The van der Waals surface area contributed by atoms with Crippen molar-refractivity contribution in [1.29, 1.82) is 0 Å². The molecular weight excluding hydrogens is 288 g/mol. The van der Waals surface area contributed by atoms with E-state index < -0.39 is 5.97 Å². The molecular formula is C15H12N2O5. The highest BCUT2D eigenvalue weighted by Gasteiger charge is 2.14. The number of rotatable bonds is 3. The number of phenolic OH excluding ortho intramolecular Hbond substituents is 1. The molecule has 112 valence electrons. The van der Waals surface area contributed by atoms with Crippen molar-refractivity contribution in [2.45, 2.75) is 0 Å². The molecule has 7 heteroatoms. The zero-order chi connectivity index (χ0) is 15.9. The molecule has 1 heterocycles. The van der Waals surface area contributed by atoms with Gasteiger partial charge in [-0.25, -0.2) is 14.8 Å². The highest BCUT2D eigenvalue weighted by Crippen LogP contribution is 2.32. The van der Waals surface area contributed by atoms with Crippen LogP contribution < -0.4 is 9.47 Å². The maximum atomic E-state index is 11.2. The molecule has 0 spiro atoms. The van der Waals surface area contributed by atoms with Crippen LogP contribution in [0.25, 0.3) is 22.1 Å². The van der Waals surface area contributed by atoms with E-state index in [0.717, 1.165) is 0 Å². The molecule has 7 nitrogen and oxygen atoms in total. The lowest BCUT2D eigenvalue weighted by molar-refractivity contribution is 0.0696. The first-order valence-electron chi connectivity index (χ1n) is 6.33. The molecule has 0 radical (unpaired) electrons. The van der Waals surface area contributed by atoms with Gasteiger partial charge in [0.1, 0.15) is 11.3 Å². The van der Waals surface area contributed by atoms with Gasteiger partial charge < -0.3 is 19.7 Å². The van der Waals surface area contributed by atoms with E-state index in [2.05, 4.69) is 9.97 Å². The monoisotopic (exact) mass is 300 g/mol. The van der Waals surface area contributed by atoms with Crippen LogP contribution in [-0.4, -0.2) is 40.4 Å². The highest BCUT2D eigenvalue weighted by atomic mass is 16.5. The van der Waals surface area contributed by atoms with E-state index in [1.165, 1.54) is 32.4 Å². The summed E-state index contributed by atoms with van der Waals surface area (Å²) in [4.78, 5) is 19.9. The number of nitrogens with zero attached hydrogens (tertiary/aromatic N) is 2. The van der Waals surface area contributed by atoms with Crippen LogP contribution in [0.1, 0.15) is 10.4 Å². The van der Waals surface area contributed by atoms with Crippen LogP contribution in [0.5, 0.6) is 17.2 Å². The van der Waals surface area contributed by atoms with E-state index in [1.54, 1.807) is 6.07 Å². The SMILES string of the molecule is COc1cc2nc3c(OC)cc(C(=O)O)cc3nc2cc1O. The first-order chi connectivity index (χ1) is 10.5. The Morgan fingerprint density at radius 2 is 1.64 bits per heavy atom. The van der Waals surface area contributed by atoms with Gasteiger partial charge in [0.2, 0.25) is 0 Å². The van der Waals surface area contributed by atoms with E-state index in [0.29, 0.717) is 27.8 Å². The Hall–Kier alpha value is -3.09. The average molecular weight is 300 g/mol. The lowest BCUT2D eigenvalue weighted by atomic mass is 10.1. The molecule has 0 fully saturated rings. The smallest absolute Gasteiger partial charge is 0.335 e. The minimum absolute atomic E-state index is 0.0516. The molecule has 0 unspecified atom stereocenters. The second-order valence-corrected chi connectivity index (χ2v) is 4.59. The second-order valence-electron chi connectivity index (χ2n) is 4.59. The Balaban J connectivity index is 2.38. The van der Waals surface area contributed by atoms with Crippen LogP contribution in [0.4, 0.5) is 0 Å². The molecule has 0 amide bonds. The molecule has 3 rings (SSSR count). The van der Waals surface area contributed by atoms with Crippen LogP contribution in [-0.2, 0) is 0 Å². The Morgan fingerprint density at radius 3 is 2.27 bits per heavy atom. The quantitative estimate of drug-likeness (QED) is 0.715. The Kier molecular flexibility index (Phi) is 3.17.